The van der Waals surface area contributed by atoms with E-state index in [1.54, 1.807) is 23.6 Å². The molecule has 84 valence electrons. The largest absolute Gasteiger partial charge is 0.374 e. The van der Waals surface area contributed by atoms with E-state index >= 15 is 0 Å². The van der Waals surface area contributed by atoms with Gasteiger partial charge in [-0.2, -0.15) is 0 Å². The first-order chi connectivity index (χ1) is 7.68. The molecule has 2 aromatic rings. The molecule has 0 fully saturated rings. The Morgan fingerprint density at radius 2 is 2.25 bits per heavy atom. The summed E-state index contributed by atoms with van der Waals surface area (Å²) in [7, 11) is 0. The molecule has 0 aliphatic carbocycles. The summed E-state index contributed by atoms with van der Waals surface area (Å²) in [6.07, 6.45) is 1.76. The van der Waals surface area contributed by atoms with Crippen LogP contribution in [-0.4, -0.2) is 4.98 Å². The molecular weight excluding hydrogens is 223 g/mol. The molecule has 4 heteroatoms. The quantitative estimate of drug-likeness (QED) is 0.877. The van der Waals surface area contributed by atoms with Gasteiger partial charge in [0.15, 0.2) is 0 Å². The van der Waals surface area contributed by atoms with Crippen molar-refractivity contribution in [3.05, 3.63) is 46.2 Å². The van der Waals surface area contributed by atoms with E-state index < -0.39 is 0 Å². The molecule has 1 unspecified atom stereocenters. The van der Waals surface area contributed by atoms with Gasteiger partial charge in [0, 0.05) is 11.6 Å². The van der Waals surface area contributed by atoms with E-state index in [0.717, 1.165) is 10.6 Å². The van der Waals surface area contributed by atoms with Crippen LogP contribution in [0.3, 0.4) is 0 Å². The SMILES string of the molecule is Cc1cccc(F)c1NC(C)c1nccs1. The lowest BCUT2D eigenvalue weighted by atomic mass is 10.2. The number of rotatable bonds is 3. The highest BCUT2D eigenvalue weighted by Crippen LogP contribution is 2.25. The zero-order valence-corrected chi connectivity index (χ0v) is 10.0. The lowest BCUT2D eigenvalue weighted by Crippen LogP contribution is -2.08. The minimum absolute atomic E-state index is 0.0237. The molecular formula is C12H13FN2S. The van der Waals surface area contributed by atoms with Crippen molar-refractivity contribution in [3.63, 3.8) is 0 Å². The Hall–Kier alpha value is -1.42. The molecule has 0 radical (unpaired) electrons. The van der Waals surface area contributed by atoms with Crippen LogP contribution in [0.5, 0.6) is 0 Å². The van der Waals surface area contributed by atoms with Gasteiger partial charge in [0.2, 0.25) is 0 Å². The number of thiazole rings is 1. The van der Waals surface area contributed by atoms with Gasteiger partial charge < -0.3 is 5.32 Å². The first kappa shape index (κ1) is 11.1. The van der Waals surface area contributed by atoms with E-state index in [0.29, 0.717) is 5.69 Å². The number of para-hydroxylation sites is 1. The van der Waals surface area contributed by atoms with Crippen LogP contribution < -0.4 is 5.32 Å². The number of hydrogen-bond acceptors (Lipinski definition) is 3. The molecule has 0 saturated carbocycles. The fourth-order valence-corrected chi connectivity index (χ4v) is 2.19. The molecule has 2 nitrogen and oxygen atoms in total. The standard InChI is InChI=1S/C12H13FN2S/c1-8-4-3-5-10(13)11(8)15-9(2)12-14-6-7-16-12/h3-7,9,15H,1-2H3. The molecule has 1 aromatic carbocycles. The minimum atomic E-state index is -0.219. The van der Waals surface area contributed by atoms with Crippen molar-refractivity contribution >= 4 is 17.0 Å². The zero-order chi connectivity index (χ0) is 11.5. The second-order valence-corrected chi connectivity index (χ2v) is 4.59. The van der Waals surface area contributed by atoms with Crippen molar-refractivity contribution in [2.24, 2.45) is 0 Å². The van der Waals surface area contributed by atoms with E-state index in [4.69, 9.17) is 0 Å². The van der Waals surface area contributed by atoms with Gasteiger partial charge in [0.05, 0.1) is 11.7 Å². The molecule has 0 spiro atoms. The Morgan fingerprint density at radius 3 is 2.88 bits per heavy atom. The highest BCUT2D eigenvalue weighted by atomic mass is 32.1. The minimum Gasteiger partial charge on any atom is -0.374 e. The van der Waals surface area contributed by atoms with Gasteiger partial charge in [-0.3, -0.25) is 0 Å². The maximum absolute atomic E-state index is 13.6. The number of halogens is 1. The maximum Gasteiger partial charge on any atom is 0.146 e. The molecule has 1 atom stereocenters. The predicted molar refractivity (Wildman–Crippen MR) is 65.3 cm³/mol. The van der Waals surface area contributed by atoms with Crippen molar-refractivity contribution in [2.75, 3.05) is 5.32 Å². The predicted octanol–water partition coefficient (Wildman–Crippen LogP) is 3.76. The average Bonchev–Trinajstić information content (AvgIpc) is 2.76. The number of anilines is 1. The van der Waals surface area contributed by atoms with Gasteiger partial charge in [-0.25, -0.2) is 9.37 Å². The number of nitrogens with one attached hydrogen (secondary N) is 1. The summed E-state index contributed by atoms with van der Waals surface area (Å²) in [6.45, 7) is 3.87. The van der Waals surface area contributed by atoms with Gasteiger partial charge in [-0.05, 0) is 25.5 Å². The molecule has 16 heavy (non-hydrogen) atoms. The number of aryl methyl sites for hydroxylation is 1. The van der Waals surface area contributed by atoms with E-state index in [2.05, 4.69) is 10.3 Å². The highest BCUT2D eigenvalue weighted by molar-refractivity contribution is 7.09. The first-order valence-electron chi connectivity index (χ1n) is 5.09. The Labute approximate surface area is 98.2 Å². The van der Waals surface area contributed by atoms with E-state index in [9.17, 15) is 4.39 Å². The smallest absolute Gasteiger partial charge is 0.146 e. The van der Waals surface area contributed by atoms with Crippen LogP contribution in [0.15, 0.2) is 29.8 Å². The topological polar surface area (TPSA) is 24.9 Å². The third-order valence-corrected chi connectivity index (χ3v) is 3.36. The lowest BCUT2D eigenvalue weighted by molar-refractivity contribution is 0.626. The molecule has 0 aliphatic rings. The summed E-state index contributed by atoms with van der Waals surface area (Å²) in [5.74, 6) is -0.219. The Morgan fingerprint density at radius 1 is 1.44 bits per heavy atom. The van der Waals surface area contributed by atoms with Gasteiger partial charge >= 0.3 is 0 Å². The van der Waals surface area contributed by atoms with Gasteiger partial charge in [0.25, 0.3) is 0 Å². The van der Waals surface area contributed by atoms with Crippen molar-refractivity contribution in [3.8, 4) is 0 Å². The number of aromatic nitrogens is 1. The molecule has 0 saturated heterocycles. The first-order valence-corrected chi connectivity index (χ1v) is 5.97. The molecule has 0 bridgehead atoms. The van der Waals surface area contributed by atoms with Crippen LogP contribution in [0.1, 0.15) is 23.5 Å². The van der Waals surface area contributed by atoms with Crippen molar-refractivity contribution in [2.45, 2.75) is 19.9 Å². The summed E-state index contributed by atoms with van der Waals surface area (Å²) in [5, 5.41) is 6.03. The van der Waals surface area contributed by atoms with Crippen LogP contribution in [0.4, 0.5) is 10.1 Å². The molecule has 0 aliphatic heterocycles. The van der Waals surface area contributed by atoms with Crippen molar-refractivity contribution in [1.29, 1.82) is 0 Å². The summed E-state index contributed by atoms with van der Waals surface area (Å²) in [6, 6.07) is 5.09. The molecule has 0 amide bonds. The summed E-state index contributed by atoms with van der Waals surface area (Å²) in [5.41, 5.74) is 1.47. The van der Waals surface area contributed by atoms with Crippen molar-refractivity contribution in [1.82, 2.24) is 4.98 Å². The summed E-state index contributed by atoms with van der Waals surface area (Å²) >= 11 is 1.57. The summed E-state index contributed by atoms with van der Waals surface area (Å²) in [4.78, 5) is 4.21. The fraction of sp³-hybridized carbons (Fsp3) is 0.250. The molecule has 1 heterocycles. The van der Waals surface area contributed by atoms with E-state index in [1.807, 2.05) is 25.3 Å². The van der Waals surface area contributed by atoms with Gasteiger partial charge in [-0.1, -0.05) is 12.1 Å². The Balaban J connectivity index is 2.21. The Bertz CT molecular complexity index is 448. The van der Waals surface area contributed by atoms with Crippen LogP contribution in [0.2, 0.25) is 0 Å². The number of benzene rings is 1. The van der Waals surface area contributed by atoms with E-state index in [1.165, 1.54) is 6.07 Å². The average molecular weight is 236 g/mol. The van der Waals surface area contributed by atoms with Crippen LogP contribution in [-0.2, 0) is 0 Å². The monoisotopic (exact) mass is 236 g/mol. The van der Waals surface area contributed by atoms with E-state index in [-0.39, 0.29) is 11.9 Å². The highest BCUT2D eigenvalue weighted by Gasteiger charge is 2.11. The summed E-state index contributed by atoms with van der Waals surface area (Å²) < 4.78 is 13.6. The number of nitrogens with zero attached hydrogens (tertiary/aromatic N) is 1. The third kappa shape index (κ3) is 2.22. The van der Waals surface area contributed by atoms with Crippen molar-refractivity contribution < 1.29 is 4.39 Å². The van der Waals surface area contributed by atoms with Crippen LogP contribution in [0, 0.1) is 12.7 Å². The normalized spacial score (nSPS) is 12.4. The zero-order valence-electron chi connectivity index (χ0n) is 9.20. The lowest BCUT2D eigenvalue weighted by Gasteiger charge is -2.15. The molecule has 1 N–H and O–H groups in total. The third-order valence-electron chi connectivity index (χ3n) is 2.40. The maximum atomic E-state index is 13.6. The Kier molecular flexibility index (Phi) is 3.19. The molecule has 1 aromatic heterocycles. The fourth-order valence-electron chi connectivity index (χ4n) is 1.54. The van der Waals surface area contributed by atoms with Gasteiger partial charge in [-0.15, -0.1) is 11.3 Å². The number of hydrogen-bond donors (Lipinski definition) is 1. The second-order valence-electron chi connectivity index (χ2n) is 3.67. The second kappa shape index (κ2) is 4.61. The van der Waals surface area contributed by atoms with Gasteiger partial charge in [0.1, 0.15) is 10.8 Å². The molecule has 2 rings (SSSR count). The van der Waals surface area contributed by atoms with Crippen LogP contribution in [0.25, 0.3) is 0 Å². The van der Waals surface area contributed by atoms with Crippen LogP contribution >= 0.6 is 11.3 Å².